The van der Waals surface area contributed by atoms with Crippen molar-refractivity contribution in [2.45, 2.75) is 38.6 Å². The van der Waals surface area contributed by atoms with Crippen LogP contribution in [0.25, 0.3) is 0 Å². The van der Waals surface area contributed by atoms with Crippen molar-refractivity contribution in [3.8, 4) is 0 Å². The first-order valence-corrected chi connectivity index (χ1v) is 6.78. The van der Waals surface area contributed by atoms with E-state index in [0.717, 1.165) is 19.3 Å². The van der Waals surface area contributed by atoms with Crippen LogP contribution < -0.4 is 4.72 Å². The molecule has 1 aliphatic carbocycles. The zero-order valence-electron chi connectivity index (χ0n) is 7.79. The van der Waals surface area contributed by atoms with Crippen LogP contribution in [-0.2, 0) is 10.0 Å². The van der Waals surface area contributed by atoms with Crippen molar-refractivity contribution < 1.29 is 8.42 Å². The Morgan fingerprint density at radius 3 is 2.69 bits per heavy atom. The maximum absolute atomic E-state index is 11.1. The molecule has 1 fully saturated rings. The third-order valence-corrected chi connectivity index (χ3v) is 4.27. The first kappa shape index (κ1) is 11.3. The van der Waals surface area contributed by atoms with E-state index in [1.165, 1.54) is 6.42 Å². The Kier molecular flexibility index (Phi) is 4.01. The summed E-state index contributed by atoms with van der Waals surface area (Å²) in [6, 6.07) is 0.104. The van der Waals surface area contributed by atoms with Crippen LogP contribution in [0.2, 0.25) is 0 Å². The summed E-state index contributed by atoms with van der Waals surface area (Å²) in [6.07, 6.45) is 4.20. The lowest BCUT2D eigenvalue weighted by molar-refractivity contribution is 0.327. The second-order valence-corrected chi connectivity index (χ2v) is 6.15. The van der Waals surface area contributed by atoms with Gasteiger partial charge in [-0.2, -0.15) is 0 Å². The van der Waals surface area contributed by atoms with Gasteiger partial charge in [-0.15, -0.1) is 11.6 Å². The molecule has 0 aliphatic heterocycles. The van der Waals surface area contributed by atoms with Crippen LogP contribution in [0.1, 0.15) is 32.6 Å². The summed E-state index contributed by atoms with van der Waals surface area (Å²) < 4.78 is 24.9. The third-order valence-electron chi connectivity index (χ3n) is 2.43. The molecule has 0 aromatic rings. The van der Waals surface area contributed by atoms with E-state index in [1.807, 2.05) is 0 Å². The number of halogens is 1. The minimum Gasteiger partial charge on any atom is -0.211 e. The minimum absolute atomic E-state index is 0.104. The SMILES string of the molecule is CC1CCCC(NS(=O)(=O)CCl)C1. The lowest BCUT2D eigenvalue weighted by Crippen LogP contribution is -2.38. The van der Waals surface area contributed by atoms with Gasteiger partial charge in [-0.1, -0.05) is 19.8 Å². The van der Waals surface area contributed by atoms with E-state index in [2.05, 4.69) is 11.6 Å². The van der Waals surface area contributed by atoms with Gasteiger partial charge in [0.1, 0.15) is 5.21 Å². The van der Waals surface area contributed by atoms with Gasteiger partial charge in [0.05, 0.1) is 0 Å². The molecule has 3 nitrogen and oxygen atoms in total. The number of rotatable bonds is 3. The fraction of sp³-hybridized carbons (Fsp3) is 1.00. The van der Waals surface area contributed by atoms with Gasteiger partial charge in [0, 0.05) is 6.04 Å². The van der Waals surface area contributed by atoms with Gasteiger partial charge in [-0.05, 0) is 18.8 Å². The van der Waals surface area contributed by atoms with E-state index in [-0.39, 0.29) is 11.3 Å². The van der Waals surface area contributed by atoms with Crippen molar-refractivity contribution in [1.82, 2.24) is 4.72 Å². The minimum atomic E-state index is -3.23. The van der Waals surface area contributed by atoms with E-state index in [4.69, 9.17) is 11.6 Å². The van der Waals surface area contributed by atoms with Crippen LogP contribution in [0.4, 0.5) is 0 Å². The summed E-state index contributed by atoms with van der Waals surface area (Å²) >= 11 is 5.30. The van der Waals surface area contributed by atoms with Gasteiger partial charge in [0.25, 0.3) is 0 Å². The number of alkyl halides is 1. The summed E-state index contributed by atoms with van der Waals surface area (Å²) in [5, 5.41) is -0.335. The lowest BCUT2D eigenvalue weighted by atomic mass is 9.88. The Labute approximate surface area is 84.9 Å². The van der Waals surface area contributed by atoms with Crippen molar-refractivity contribution in [3.63, 3.8) is 0 Å². The standard InChI is InChI=1S/C8H16ClNO2S/c1-7-3-2-4-8(5-7)10-13(11,12)6-9/h7-8,10H,2-6H2,1H3. The van der Waals surface area contributed by atoms with Crippen molar-refractivity contribution in [1.29, 1.82) is 0 Å². The van der Waals surface area contributed by atoms with E-state index in [1.54, 1.807) is 0 Å². The molecule has 2 unspecified atom stereocenters. The van der Waals surface area contributed by atoms with Crippen LogP contribution in [0, 0.1) is 5.92 Å². The molecular weight excluding hydrogens is 210 g/mol. The van der Waals surface area contributed by atoms with Gasteiger partial charge in [-0.3, -0.25) is 0 Å². The van der Waals surface area contributed by atoms with Crippen LogP contribution in [0.5, 0.6) is 0 Å². The predicted octanol–water partition coefficient (Wildman–Crippen LogP) is 1.68. The first-order valence-electron chi connectivity index (χ1n) is 4.59. The molecule has 0 spiro atoms. The summed E-state index contributed by atoms with van der Waals surface area (Å²) in [4.78, 5) is 0. The van der Waals surface area contributed by atoms with E-state index in [0.29, 0.717) is 5.92 Å². The average molecular weight is 226 g/mol. The molecule has 1 saturated carbocycles. The molecule has 0 heterocycles. The molecule has 1 N–H and O–H groups in total. The fourth-order valence-corrected chi connectivity index (χ4v) is 2.80. The average Bonchev–Trinajstić information content (AvgIpc) is 2.03. The zero-order valence-corrected chi connectivity index (χ0v) is 9.37. The van der Waals surface area contributed by atoms with E-state index in [9.17, 15) is 8.42 Å². The highest BCUT2D eigenvalue weighted by Crippen LogP contribution is 2.23. The highest BCUT2D eigenvalue weighted by atomic mass is 35.5. The smallest absolute Gasteiger partial charge is 0.211 e. The van der Waals surface area contributed by atoms with Crippen LogP contribution in [-0.4, -0.2) is 19.7 Å². The van der Waals surface area contributed by atoms with Gasteiger partial charge in [0.15, 0.2) is 0 Å². The lowest BCUT2D eigenvalue weighted by Gasteiger charge is -2.26. The van der Waals surface area contributed by atoms with Crippen molar-refractivity contribution in [2.75, 3.05) is 5.21 Å². The number of nitrogens with one attached hydrogen (secondary N) is 1. The zero-order chi connectivity index (χ0) is 9.90. The monoisotopic (exact) mass is 225 g/mol. The first-order chi connectivity index (χ1) is 6.03. The second-order valence-electron chi connectivity index (χ2n) is 3.81. The highest BCUT2D eigenvalue weighted by Gasteiger charge is 2.22. The summed E-state index contributed by atoms with van der Waals surface area (Å²) in [6.45, 7) is 2.15. The highest BCUT2D eigenvalue weighted by molar-refractivity contribution is 7.90. The second kappa shape index (κ2) is 4.62. The van der Waals surface area contributed by atoms with E-state index >= 15 is 0 Å². The predicted molar refractivity (Wildman–Crippen MR) is 54.2 cm³/mol. The van der Waals surface area contributed by atoms with Crippen LogP contribution >= 0.6 is 11.6 Å². The Morgan fingerprint density at radius 1 is 1.46 bits per heavy atom. The van der Waals surface area contributed by atoms with Crippen molar-refractivity contribution in [2.24, 2.45) is 5.92 Å². The summed E-state index contributed by atoms with van der Waals surface area (Å²) in [5.74, 6) is 0.622. The van der Waals surface area contributed by atoms with Gasteiger partial charge in [-0.25, -0.2) is 13.1 Å². The number of hydrogen-bond acceptors (Lipinski definition) is 2. The van der Waals surface area contributed by atoms with Gasteiger partial charge >= 0.3 is 0 Å². The van der Waals surface area contributed by atoms with E-state index < -0.39 is 10.0 Å². The maximum atomic E-state index is 11.1. The molecule has 0 aromatic heterocycles. The van der Waals surface area contributed by atoms with Crippen molar-refractivity contribution >= 4 is 21.6 Å². The molecule has 78 valence electrons. The number of sulfonamides is 1. The molecule has 2 atom stereocenters. The molecule has 0 bridgehead atoms. The van der Waals surface area contributed by atoms with Crippen LogP contribution in [0.15, 0.2) is 0 Å². The molecule has 0 aromatic carbocycles. The third kappa shape index (κ3) is 3.83. The maximum Gasteiger partial charge on any atom is 0.225 e. The molecule has 1 rings (SSSR count). The normalized spacial score (nSPS) is 30.3. The van der Waals surface area contributed by atoms with Gasteiger partial charge < -0.3 is 0 Å². The van der Waals surface area contributed by atoms with Gasteiger partial charge in [0.2, 0.25) is 10.0 Å². The summed E-state index contributed by atoms with van der Waals surface area (Å²) in [5.41, 5.74) is 0. The quantitative estimate of drug-likeness (QED) is 0.743. The molecule has 1 aliphatic rings. The molecular formula is C8H16ClNO2S. The molecule has 0 radical (unpaired) electrons. The Bertz CT molecular complexity index is 253. The largest absolute Gasteiger partial charge is 0.225 e. The fourth-order valence-electron chi connectivity index (χ4n) is 1.83. The van der Waals surface area contributed by atoms with Crippen molar-refractivity contribution in [3.05, 3.63) is 0 Å². The number of hydrogen-bond donors (Lipinski definition) is 1. The Morgan fingerprint density at radius 2 is 2.15 bits per heavy atom. The Balaban J connectivity index is 2.45. The molecule has 13 heavy (non-hydrogen) atoms. The summed E-state index contributed by atoms with van der Waals surface area (Å²) in [7, 11) is -3.23. The molecule has 0 saturated heterocycles. The molecule has 0 amide bonds. The molecule has 5 heteroatoms. The Hall–Kier alpha value is 0.200. The topological polar surface area (TPSA) is 46.2 Å². The van der Waals surface area contributed by atoms with Crippen LogP contribution in [0.3, 0.4) is 0 Å².